The van der Waals surface area contributed by atoms with Gasteiger partial charge in [-0.15, -0.1) is 0 Å². The van der Waals surface area contributed by atoms with Gasteiger partial charge < -0.3 is 10.2 Å². The van der Waals surface area contributed by atoms with Crippen molar-refractivity contribution in [3.05, 3.63) is 28.8 Å². The predicted octanol–water partition coefficient (Wildman–Crippen LogP) is 4.18. The van der Waals surface area contributed by atoms with E-state index >= 15 is 0 Å². The Morgan fingerprint density at radius 3 is 2.14 bits per heavy atom. The van der Waals surface area contributed by atoms with Crippen LogP contribution in [-0.4, -0.2) is 29.6 Å². The number of rotatable bonds is 5. The van der Waals surface area contributed by atoms with E-state index in [4.69, 9.17) is 5.11 Å². The van der Waals surface area contributed by atoms with E-state index in [2.05, 4.69) is 52.6 Å². The van der Waals surface area contributed by atoms with Gasteiger partial charge in [-0.25, -0.2) is 0 Å². The summed E-state index contributed by atoms with van der Waals surface area (Å²) in [4.78, 5) is 4.39. The molecule has 0 aliphatic rings. The summed E-state index contributed by atoms with van der Waals surface area (Å²) in [5, 5.41) is 19.4. The van der Waals surface area contributed by atoms with Gasteiger partial charge in [-0.05, 0) is 35.3 Å². The summed E-state index contributed by atoms with van der Waals surface area (Å²) in [5.74, 6) is 0.325. The van der Waals surface area contributed by atoms with Crippen LogP contribution in [0.4, 0.5) is 0 Å². The van der Waals surface area contributed by atoms with Gasteiger partial charge in [0.1, 0.15) is 5.75 Å². The second-order valence-electron chi connectivity index (χ2n) is 7.93. The highest BCUT2D eigenvalue weighted by Gasteiger charge is 2.24. The van der Waals surface area contributed by atoms with Crippen molar-refractivity contribution >= 4 is 6.21 Å². The van der Waals surface area contributed by atoms with Crippen LogP contribution in [0.3, 0.4) is 0 Å². The lowest BCUT2D eigenvalue weighted by Crippen LogP contribution is -2.17. The first-order valence-electron chi connectivity index (χ1n) is 8.06. The Kier molecular flexibility index (Phi) is 6.18. The van der Waals surface area contributed by atoms with Crippen molar-refractivity contribution < 1.29 is 10.2 Å². The molecule has 3 heteroatoms. The van der Waals surface area contributed by atoms with E-state index in [1.54, 1.807) is 6.21 Å². The fourth-order valence-electron chi connectivity index (χ4n) is 2.24. The Labute approximate surface area is 135 Å². The molecule has 0 aliphatic heterocycles. The number of nitrogens with zero attached hydrogens (tertiary/aromatic N) is 1. The van der Waals surface area contributed by atoms with Crippen LogP contribution >= 0.6 is 0 Å². The van der Waals surface area contributed by atoms with Gasteiger partial charge in [-0.1, -0.05) is 47.6 Å². The zero-order valence-electron chi connectivity index (χ0n) is 14.9. The maximum atomic E-state index is 10.6. The van der Waals surface area contributed by atoms with E-state index < -0.39 is 0 Å². The lowest BCUT2D eigenvalue weighted by atomic mass is 9.79. The first-order valence-corrected chi connectivity index (χ1v) is 8.06. The molecule has 1 rings (SSSR count). The summed E-state index contributed by atoms with van der Waals surface area (Å²) < 4.78 is 0. The third kappa shape index (κ3) is 5.13. The van der Waals surface area contributed by atoms with Crippen molar-refractivity contribution in [1.82, 2.24) is 0 Å². The fraction of sp³-hybridized carbons (Fsp3) is 0.632. The molecule has 0 unspecified atom stereocenters. The standard InChI is InChI=1S/C19H31NO2/c1-18(2,3)15-11-14(13-20-9-7-8-10-21)17(22)16(12-15)19(4,5)6/h11-13,21-22H,7-10H2,1-6H3. The molecule has 0 aliphatic carbocycles. The number of phenolic OH excluding ortho intramolecular Hbond substituents is 1. The molecule has 124 valence electrons. The minimum atomic E-state index is -0.120. The van der Waals surface area contributed by atoms with Crippen molar-refractivity contribution in [2.75, 3.05) is 13.2 Å². The van der Waals surface area contributed by atoms with E-state index in [-0.39, 0.29) is 17.4 Å². The number of benzene rings is 1. The average Bonchev–Trinajstić information content (AvgIpc) is 2.37. The van der Waals surface area contributed by atoms with Crippen molar-refractivity contribution in [1.29, 1.82) is 0 Å². The summed E-state index contributed by atoms with van der Waals surface area (Å²) >= 11 is 0. The van der Waals surface area contributed by atoms with Gasteiger partial charge in [0.25, 0.3) is 0 Å². The Balaban J connectivity index is 3.20. The monoisotopic (exact) mass is 305 g/mol. The molecule has 3 nitrogen and oxygen atoms in total. The highest BCUT2D eigenvalue weighted by Crippen LogP contribution is 2.37. The molecule has 0 heterocycles. The minimum Gasteiger partial charge on any atom is -0.507 e. The molecule has 22 heavy (non-hydrogen) atoms. The van der Waals surface area contributed by atoms with Crippen LogP contribution in [0.25, 0.3) is 0 Å². The number of aliphatic hydroxyl groups excluding tert-OH is 1. The molecule has 0 amide bonds. The number of phenols is 1. The number of aromatic hydroxyl groups is 1. The Hall–Kier alpha value is -1.35. The average molecular weight is 305 g/mol. The van der Waals surface area contributed by atoms with Crippen molar-refractivity contribution in [3.63, 3.8) is 0 Å². The van der Waals surface area contributed by atoms with E-state index in [0.717, 1.165) is 24.0 Å². The first-order chi connectivity index (χ1) is 10.1. The first kappa shape index (κ1) is 18.7. The lowest BCUT2D eigenvalue weighted by molar-refractivity contribution is 0.285. The third-order valence-electron chi connectivity index (χ3n) is 3.74. The highest BCUT2D eigenvalue weighted by molar-refractivity contribution is 5.85. The minimum absolute atomic E-state index is 0.0210. The number of hydrogen-bond donors (Lipinski definition) is 2. The molecule has 0 atom stereocenters. The van der Waals surface area contributed by atoms with E-state index in [1.165, 1.54) is 5.56 Å². The summed E-state index contributed by atoms with van der Waals surface area (Å²) in [5.41, 5.74) is 2.84. The Bertz CT molecular complexity index is 519. The molecule has 2 N–H and O–H groups in total. The second-order valence-corrected chi connectivity index (χ2v) is 7.93. The van der Waals surface area contributed by atoms with Crippen LogP contribution in [0.5, 0.6) is 5.75 Å². The van der Waals surface area contributed by atoms with Crippen LogP contribution in [0.1, 0.15) is 71.1 Å². The van der Waals surface area contributed by atoms with Gasteiger partial charge in [0.2, 0.25) is 0 Å². The normalized spacial score (nSPS) is 13.0. The molecule has 1 aromatic rings. The van der Waals surface area contributed by atoms with Gasteiger partial charge in [0, 0.05) is 30.5 Å². The predicted molar refractivity (Wildman–Crippen MR) is 94.3 cm³/mol. The van der Waals surface area contributed by atoms with Crippen LogP contribution in [-0.2, 0) is 10.8 Å². The zero-order valence-corrected chi connectivity index (χ0v) is 14.9. The van der Waals surface area contributed by atoms with Crippen molar-refractivity contribution in [3.8, 4) is 5.75 Å². The Morgan fingerprint density at radius 1 is 1.00 bits per heavy atom. The topological polar surface area (TPSA) is 52.8 Å². The molecular weight excluding hydrogens is 274 g/mol. The van der Waals surface area contributed by atoms with Crippen LogP contribution in [0.2, 0.25) is 0 Å². The maximum Gasteiger partial charge on any atom is 0.128 e. The number of hydrogen-bond acceptors (Lipinski definition) is 3. The summed E-state index contributed by atoms with van der Waals surface area (Å²) in [7, 11) is 0. The summed E-state index contributed by atoms with van der Waals surface area (Å²) in [6, 6.07) is 4.14. The van der Waals surface area contributed by atoms with Crippen LogP contribution in [0, 0.1) is 0 Å². The lowest BCUT2D eigenvalue weighted by Gasteiger charge is -2.27. The molecule has 0 saturated heterocycles. The number of aliphatic hydroxyl groups is 1. The zero-order chi connectivity index (χ0) is 17.0. The summed E-state index contributed by atoms with van der Waals surface area (Å²) in [6.07, 6.45) is 3.38. The van der Waals surface area contributed by atoms with Gasteiger partial charge in [0.15, 0.2) is 0 Å². The third-order valence-corrected chi connectivity index (χ3v) is 3.74. The molecule has 0 fully saturated rings. The molecule has 0 aromatic heterocycles. The van der Waals surface area contributed by atoms with Gasteiger partial charge in [-0.3, -0.25) is 4.99 Å². The van der Waals surface area contributed by atoms with Gasteiger partial charge in [-0.2, -0.15) is 0 Å². The largest absolute Gasteiger partial charge is 0.507 e. The molecule has 0 spiro atoms. The second kappa shape index (κ2) is 7.28. The molecule has 0 radical (unpaired) electrons. The highest BCUT2D eigenvalue weighted by atomic mass is 16.3. The van der Waals surface area contributed by atoms with Crippen LogP contribution < -0.4 is 0 Å². The van der Waals surface area contributed by atoms with E-state index in [9.17, 15) is 5.11 Å². The molecular formula is C19H31NO2. The van der Waals surface area contributed by atoms with Crippen molar-refractivity contribution in [2.24, 2.45) is 4.99 Å². The van der Waals surface area contributed by atoms with Crippen molar-refractivity contribution in [2.45, 2.75) is 65.2 Å². The number of aliphatic imine (C=N–C) groups is 1. The van der Waals surface area contributed by atoms with E-state index in [0.29, 0.717) is 12.3 Å². The maximum absolute atomic E-state index is 10.6. The molecule has 0 saturated carbocycles. The SMILES string of the molecule is CC(C)(C)c1cc(C=NCCCCO)c(O)c(C(C)(C)C)c1. The quantitative estimate of drug-likeness (QED) is 0.633. The molecule has 1 aromatic carbocycles. The molecule has 0 bridgehead atoms. The summed E-state index contributed by atoms with van der Waals surface area (Å²) in [6.45, 7) is 13.7. The van der Waals surface area contributed by atoms with Crippen LogP contribution in [0.15, 0.2) is 17.1 Å². The van der Waals surface area contributed by atoms with Gasteiger partial charge >= 0.3 is 0 Å². The van der Waals surface area contributed by atoms with Gasteiger partial charge in [0.05, 0.1) is 0 Å². The van der Waals surface area contributed by atoms with E-state index in [1.807, 2.05) is 6.07 Å². The fourth-order valence-corrected chi connectivity index (χ4v) is 2.24. The number of unbranched alkanes of at least 4 members (excludes halogenated alkanes) is 1. The smallest absolute Gasteiger partial charge is 0.128 e. The Morgan fingerprint density at radius 2 is 1.64 bits per heavy atom.